The van der Waals surface area contributed by atoms with Crippen LogP contribution in [0.5, 0.6) is 0 Å². The van der Waals surface area contributed by atoms with Crippen LogP contribution in [0.3, 0.4) is 0 Å². The highest BCUT2D eigenvalue weighted by molar-refractivity contribution is 6.96. The zero-order chi connectivity index (χ0) is 19.7. The van der Waals surface area contributed by atoms with Crippen molar-refractivity contribution in [3.05, 3.63) is 71.4 Å². The molecule has 27 heavy (non-hydrogen) atoms. The third-order valence-corrected chi connectivity index (χ3v) is 9.86. The molecular weight excluding hydrogens is 347 g/mol. The van der Waals surface area contributed by atoms with Crippen molar-refractivity contribution in [3.8, 4) is 0 Å². The van der Waals surface area contributed by atoms with Gasteiger partial charge < -0.3 is 9.31 Å². The van der Waals surface area contributed by atoms with E-state index in [4.69, 9.17) is 9.31 Å². The van der Waals surface area contributed by atoms with Gasteiger partial charge in [-0.3, -0.25) is 0 Å². The van der Waals surface area contributed by atoms with Gasteiger partial charge in [-0.15, -0.1) is 0 Å². The van der Waals surface area contributed by atoms with Crippen LogP contribution in [-0.4, -0.2) is 26.4 Å². The van der Waals surface area contributed by atoms with E-state index in [1.165, 1.54) is 15.9 Å². The molecule has 4 heteroatoms. The highest BCUT2D eigenvalue weighted by Gasteiger charge is 2.51. The molecule has 0 aromatic heterocycles. The van der Waals surface area contributed by atoms with Crippen molar-refractivity contribution in [2.24, 2.45) is 0 Å². The second-order valence-corrected chi connectivity index (χ2v) is 13.4. The third-order valence-electron chi connectivity index (χ3n) is 6.13. The fraction of sp³-hybridized carbons (Fsp3) is 0.391. The van der Waals surface area contributed by atoms with E-state index in [0.29, 0.717) is 0 Å². The van der Waals surface area contributed by atoms with Crippen LogP contribution in [0.25, 0.3) is 6.08 Å². The first-order valence-electron chi connectivity index (χ1n) is 9.79. The first kappa shape index (κ1) is 20.1. The fourth-order valence-corrected chi connectivity index (χ4v) is 6.11. The fourth-order valence-electron chi connectivity index (χ4n) is 3.51. The van der Waals surface area contributed by atoms with E-state index in [1.54, 1.807) is 0 Å². The molecule has 2 nitrogen and oxygen atoms in total. The summed E-state index contributed by atoms with van der Waals surface area (Å²) in [5, 5.41) is 2.88. The summed E-state index contributed by atoms with van der Waals surface area (Å²) in [7, 11) is -2.06. The lowest BCUT2D eigenvalue weighted by atomic mass is 9.84. The van der Waals surface area contributed by atoms with Crippen molar-refractivity contribution in [2.45, 2.75) is 58.3 Å². The van der Waals surface area contributed by atoms with E-state index < -0.39 is 8.07 Å². The van der Waals surface area contributed by atoms with Crippen molar-refractivity contribution in [1.29, 1.82) is 0 Å². The third kappa shape index (κ3) is 4.29. The van der Waals surface area contributed by atoms with E-state index in [0.717, 1.165) is 6.32 Å². The van der Waals surface area contributed by atoms with E-state index in [9.17, 15) is 0 Å². The van der Waals surface area contributed by atoms with Crippen LogP contribution in [0.1, 0.15) is 33.3 Å². The van der Waals surface area contributed by atoms with Gasteiger partial charge in [0.1, 0.15) is 8.07 Å². The second-order valence-electron chi connectivity index (χ2n) is 8.96. The molecule has 1 fully saturated rings. The summed E-state index contributed by atoms with van der Waals surface area (Å²) in [6.07, 6.45) is 3.15. The van der Waals surface area contributed by atoms with Gasteiger partial charge in [-0.2, -0.15) is 0 Å². The molecule has 2 aromatic carbocycles. The largest absolute Gasteiger partial charge is 0.461 e. The summed E-state index contributed by atoms with van der Waals surface area (Å²) in [5.41, 5.74) is 0.641. The first-order chi connectivity index (χ1) is 12.6. The van der Waals surface area contributed by atoms with Gasteiger partial charge in [0.05, 0.1) is 11.2 Å². The standard InChI is InChI=1S/C23H31BO2Si/c1-22(2)23(3,4)26-24(25-22)18-21(17-19-13-9-7-10-14-19)27(5,6)20-15-11-8-12-16-20/h7-17H,18H2,1-6H3/b21-17-. The van der Waals surface area contributed by atoms with Crippen LogP contribution in [-0.2, 0) is 9.31 Å². The molecule has 1 heterocycles. The van der Waals surface area contributed by atoms with Crippen LogP contribution >= 0.6 is 0 Å². The van der Waals surface area contributed by atoms with E-state index in [-0.39, 0.29) is 18.3 Å². The molecule has 0 atom stereocenters. The molecule has 1 saturated heterocycles. The van der Waals surface area contributed by atoms with E-state index >= 15 is 0 Å². The molecule has 0 saturated carbocycles. The molecule has 1 aliphatic rings. The quantitative estimate of drug-likeness (QED) is 0.656. The lowest BCUT2D eigenvalue weighted by molar-refractivity contribution is 0.00578. The summed E-state index contributed by atoms with van der Waals surface area (Å²) in [4.78, 5) is 0. The van der Waals surface area contributed by atoms with Crippen LogP contribution in [0.4, 0.5) is 0 Å². The predicted molar refractivity (Wildman–Crippen MR) is 119 cm³/mol. The lowest BCUT2D eigenvalue weighted by Crippen LogP contribution is -2.45. The Morgan fingerprint density at radius 3 is 1.85 bits per heavy atom. The van der Waals surface area contributed by atoms with Crippen molar-refractivity contribution >= 4 is 26.5 Å². The number of hydrogen-bond donors (Lipinski definition) is 0. The molecular formula is C23H31BO2Si. The van der Waals surface area contributed by atoms with Gasteiger partial charge in [0.25, 0.3) is 0 Å². The Morgan fingerprint density at radius 1 is 0.852 bits per heavy atom. The number of rotatable bonds is 5. The maximum absolute atomic E-state index is 6.32. The Morgan fingerprint density at radius 2 is 1.33 bits per heavy atom. The van der Waals surface area contributed by atoms with Crippen molar-refractivity contribution in [3.63, 3.8) is 0 Å². The average Bonchev–Trinajstić information content (AvgIpc) is 2.82. The second kappa shape index (κ2) is 7.42. The van der Waals surface area contributed by atoms with Gasteiger partial charge >= 0.3 is 7.12 Å². The van der Waals surface area contributed by atoms with Crippen LogP contribution < -0.4 is 5.19 Å². The molecule has 3 rings (SSSR count). The van der Waals surface area contributed by atoms with Crippen molar-refractivity contribution in [2.75, 3.05) is 0 Å². The van der Waals surface area contributed by atoms with Gasteiger partial charge in [-0.25, -0.2) is 0 Å². The maximum Gasteiger partial charge on any atom is 0.461 e. The molecule has 142 valence electrons. The summed E-state index contributed by atoms with van der Waals surface area (Å²) in [6.45, 7) is 13.3. The van der Waals surface area contributed by atoms with Gasteiger partial charge in [0.2, 0.25) is 0 Å². The highest BCUT2D eigenvalue weighted by atomic mass is 28.3. The summed E-state index contributed by atoms with van der Waals surface area (Å²) >= 11 is 0. The topological polar surface area (TPSA) is 18.5 Å². The molecule has 0 unspecified atom stereocenters. The Balaban J connectivity index is 1.96. The molecule has 0 aliphatic carbocycles. The van der Waals surface area contributed by atoms with Gasteiger partial charge in [0, 0.05) is 6.32 Å². The number of allylic oxidation sites excluding steroid dienone is 1. The van der Waals surface area contributed by atoms with Crippen LogP contribution in [0, 0.1) is 0 Å². The number of hydrogen-bond acceptors (Lipinski definition) is 2. The highest BCUT2D eigenvalue weighted by Crippen LogP contribution is 2.39. The van der Waals surface area contributed by atoms with Gasteiger partial charge in [-0.1, -0.05) is 90.2 Å². The lowest BCUT2D eigenvalue weighted by Gasteiger charge is -2.32. The predicted octanol–water partition coefficient (Wildman–Crippen LogP) is 5.32. The van der Waals surface area contributed by atoms with Crippen molar-refractivity contribution in [1.82, 2.24) is 0 Å². The molecule has 0 bridgehead atoms. The van der Waals surface area contributed by atoms with E-state index in [1.807, 2.05) is 0 Å². The average molecular weight is 378 g/mol. The Hall–Kier alpha value is -1.62. The first-order valence-corrected chi connectivity index (χ1v) is 12.8. The Bertz CT molecular complexity index is 782. The zero-order valence-corrected chi connectivity index (χ0v) is 18.5. The summed E-state index contributed by atoms with van der Waals surface area (Å²) in [5.74, 6) is 0. The van der Waals surface area contributed by atoms with Crippen LogP contribution in [0.15, 0.2) is 65.9 Å². The minimum atomic E-state index is -1.85. The normalized spacial score (nSPS) is 19.3. The Labute approximate surface area is 165 Å². The molecule has 0 N–H and O–H groups in total. The summed E-state index contributed by atoms with van der Waals surface area (Å²) in [6, 6.07) is 21.5. The molecule has 0 amide bonds. The van der Waals surface area contributed by atoms with Crippen LogP contribution in [0.2, 0.25) is 19.4 Å². The smallest absolute Gasteiger partial charge is 0.403 e. The number of benzene rings is 2. The summed E-state index contributed by atoms with van der Waals surface area (Å²) < 4.78 is 12.6. The molecule has 2 aromatic rings. The van der Waals surface area contributed by atoms with Gasteiger partial charge in [0.15, 0.2) is 0 Å². The zero-order valence-electron chi connectivity index (χ0n) is 17.5. The maximum atomic E-state index is 6.32. The molecule has 0 spiro atoms. The minimum Gasteiger partial charge on any atom is -0.403 e. The Kier molecular flexibility index (Phi) is 5.53. The SMILES string of the molecule is CC1(C)OB(C/C(=C/c2ccccc2)[Si](C)(C)c2ccccc2)OC1(C)C. The molecule has 1 aliphatic heterocycles. The van der Waals surface area contributed by atoms with Crippen molar-refractivity contribution < 1.29 is 9.31 Å². The minimum absolute atomic E-state index is 0.208. The molecule has 0 radical (unpaired) electrons. The van der Waals surface area contributed by atoms with Gasteiger partial charge in [-0.05, 0) is 33.3 Å². The monoisotopic (exact) mass is 378 g/mol. The van der Waals surface area contributed by atoms with E-state index in [2.05, 4.69) is 108 Å².